The number of carbonyl (C=O) groups excluding carboxylic acids is 1. The van der Waals surface area contributed by atoms with Crippen LogP contribution in [0.3, 0.4) is 0 Å². The van der Waals surface area contributed by atoms with Crippen molar-refractivity contribution in [3.63, 3.8) is 0 Å². The van der Waals surface area contributed by atoms with E-state index >= 15 is 0 Å². The van der Waals surface area contributed by atoms with Gasteiger partial charge in [0.1, 0.15) is 17.8 Å². The molecule has 0 bridgehead atoms. The molecule has 0 atom stereocenters. The first-order chi connectivity index (χ1) is 8.97. The zero-order chi connectivity index (χ0) is 14.0. The number of rotatable bonds is 3. The van der Waals surface area contributed by atoms with Gasteiger partial charge in [-0.15, -0.1) is 0 Å². The van der Waals surface area contributed by atoms with E-state index < -0.39 is 22.5 Å². The van der Waals surface area contributed by atoms with Crippen LogP contribution in [0.5, 0.6) is 0 Å². The molecule has 2 rings (SSSR count). The van der Waals surface area contributed by atoms with Crippen molar-refractivity contribution in [1.82, 2.24) is 4.98 Å². The van der Waals surface area contributed by atoms with Crippen LogP contribution in [0.15, 0.2) is 24.4 Å². The summed E-state index contributed by atoms with van der Waals surface area (Å²) in [6.07, 6.45) is 0.974. The highest BCUT2D eigenvalue weighted by Crippen LogP contribution is 2.25. The molecule has 0 aliphatic heterocycles. The summed E-state index contributed by atoms with van der Waals surface area (Å²) in [7, 11) is 0. The lowest BCUT2D eigenvalue weighted by Gasteiger charge is -2.02. The normalized spacial score (nSPS) is 10.2. The monoisotopic (exact) mass is 285 g/mol. The first-order valence-corrected chi connectivity index (χ1v) is 5.65. The molecule has 1 heterocycles. The number of carbonyl (C=O) groups is 1. The zero-order valence-electron chi connectivity index (χ0n) is 9.09. The van der Waals surface area contributed by atoms with Gasteiger partial charge < -0.3 is 0 Å². The van der Waals surface area contributed by atoms with E-state index in [1.54, 1.807) is 0 Å². The van der Waals surface area contributed by atoms with E-state index in [0.717, 1.165) is 18.3 Å². The van der Waals surface area contributed by atoms with Gasteiger partial charge in [0.2, 0.25) is 0 Å². The molecule has 1 N–H and O–H groups in total. The summed E-state index contributed by atoms with van der Waals surface area (Å²) < 4.78 is 26.0. The number of nitrogens with one attached hydrogen (secondary N) is 1. The predicted octanol–water partition coefficient (Wildman–Crippen LogP) is 2.58. The van der Waals surface area contributed by atoms with Crippen LogP contribution in [-0.2, 0) is 0 Å². The lowest BCUT2D eigenvalue weighted by atomic mass is 10.2. The number of halogens is 2. The minimum absolute atomic E-state index is 0.0413. The fourth-order valence-corrected chi connectivity index (χ4v) is 1.87. The third kappa shape index (κ3) is 2.88. The molecule has 0 aliphatic rings. The van der Waals surface area contributed by atoms with E-state index in [9.17, 15) is 23.7 Å². The highest BCUT2D eigenvalue weighted by Gasteiger charge is 2.16. The van der Waals surface area contributed by atoms with Crippen LogP contribution in [0, 0.1) is 21.7 Å². The van der Waals surface area contributed by atoms with Gasteiger partial charge in [0.25, 0.3) is 5.91 Å². The third-order valence-corrected chi connectivity index (χ3v) is 2.93. The van der Waals surface area contributed by atoms with Gasteiger partial charge in [-0.1, -0.05) is 0 Å². The summed E-state index contributed by atoms with van der Waals surface area (Å²) in [5.41, 5.74) is -0.376. The molecule has 0 spiro atoms. The fourth-order valence-electron chi connectivity index (χ4n) is 1.25. The van der Waals surface area contributed by atoms with E-state index in [-0.39, 0.29) is 15.7 Å². The number of anilines is 1. The molecule has 0 aliphatic carbocycles. The van der Waals surface area contributed by atoms with Crippen LogP contribution in [0.4, 0.5) is 18.9 Å². The molecule has 0 radical (unpaired) electrons. The topological polar surface area (TPSA) is 85.1 Å². The van der Waals surface area contributed by atoms with E-state index in [0.29, 0.717) is 17.4 Å². The SMILES string of the molecule is O=C(Nc1ncc([N+](=O)[O-])s1)c1ccc(F)cc1F. The van der Waals surface area contributed by atoms with Gasteiger partial charge >= 0.3 is 5.00 Å². The summed E-state index contributed by atoms with van der Waals surface area (Å²) >= 11 is 0.634. The number of thiazole rings is 1. The quantitative estimate of drug-likeness (QED) is 0.693. The van der Waals surface area contributed by atoms with E-state index in [1.165, 1.54) is 0 Å². The maximum Gasteiger partial charge on any atom is 0.345 e. The maximum atomic E-state index is 13.3. The number of nitro groups is 1. The van der Waals surface area contributed by atoms with Gasteiger partial charge in [-0.3, -0.25) is 20.2 Å². The van der Waals surface area contributed by atoms with E-state index in [2.05, 4.69) is 10.3 Å². The highest BCUT2D eigenvalue weighted by molar-refractivity contribution is 7.18. The number of nitrogens with zero attached hydrogens (tertiary/aromatic N) is 2. The summed E-state index contributed by atoms with van der Waals surface area (Å²) in [6.45, 7) is 0. The number of amides is 1. The second-order valence-electron chi connectivity index (χ2n) is 3.34. The first-order valence-electron chi connectivity index (χ1n) is 4.84. The fraction of sp³-hybridized carbons (Fsp3) is 0. The number of hydrogen-bond donors (Lipinski definition) is 1. The minimum Gasteiger partial charge on any atom is -0.298 e. The number of aromatic nitrogens is 1. The Labute approximate surface area is 108 Å². The molecule has 19 heavy (non-hydrogen) atoms. The smallest absolute Gasteiger partial charge is 0.298 e. The molecule has 0 saturated heterocycles. The molecule has 2 aromatic rings. The van der Waals surface area contributed by atoms with Gasteiger partial charge in [-0.05, 0) is 23.5 Å². The molecule has 0 saturated carbocycles. The molecule has 0 unspecified atom stereocenters. The van der Waals surface area contributed by atoms with Gasteiger partial charge in [0.05, 0.1) is 10.5 Å². The van der Waals surface area contributed by atoms with Crippen molar-refractivity contribution in [3.05, 3.63) is 51.7 Å². The Morgan fingerprint density at radius 3 is 2.74 bits per heavy atom. The lowest BCUT2D eigenvalue weighted by molar-refractivity contribution is -0.380. The third-order valence-electron chi connectivity index (χ3n) is 2.07. The maximum absolute atomic E-state index is 13.3. The average molecular weight is 285 g/mol. The van der Waals surface area contributed by atoms with Crippen LogP contribution in [0.25, 0.3) is 0 Å². The first kappa shape index (κ1) is 13.0. The van der Waals surface area contributed by atoms with Crippen molar-refractivity contribution in [3.8, 4) is 0 Å². The number of benzene rings is 1. The molecule has 1 aromatic heterocycles. The molecular weight excluding hydrogens is 280 g/mol. The van der Waals surface area contributed by atoms with Crippen LogP contribution in [-0.4, -0.2) is 15.8 Å². The Kier molecular flexibility index (Phi) is 3.47. The predicted molar refractivity (Wildman–Crippen MR) is 63.1 cm³/mol. The number of hydrogen-bond acceptors (Lipinski definition) is 5. The van der Waals surface area contributed by atoms with Crippen LogP contribution in [0.1, 0.15) is 10.4 Å². The highest BCUT2D eigenvalue weighted by atomic mass is 32.1. The van der Waals surface area contributed by atoms with Gasteiger partial charge in [0, 0.05) is 6.07 Å². The van der Waals surface area contributed by atoms with Crippen molar-refractivity contribution < 1.29 is 18.5 Å². The van der Waals surface area contributed by atoms with Crippen molar-refractivity contribution in [2.24, 2.45) is 0 Å². The van der Waals surface area contributed by atoms with Crippen LogP contribution >= 0.6 is 11.3 Å². The molecule has 0 fully saturated rings. The van der Waals surface area contributed by atoms with E-state index in [1.807, 2.05) is 0 Å². The van der Waals surface area contributed by atoms with Crippen molar-refractivity contribution in [2.75, 3.05) is 5.32 Å². The Morgan fingerprint density at radius 2 is 2.16 bits per heavy atom. The zero-order valence-corrected chi connectivity index (χ0v) is 9.91. The average Bonchev–Trinajstić information content (AvgIpc) is 2.77. The molecule has 6 nitrogen and oxygen atoms in total. The van der Waals surface area contributed by atoms with E-state index in [4.69, 9.17) is 0 Å². The summed E-state index contributed by atoms with van der Waals surface area (Å²) in [5.74, 6) is -2.69. The van der Waals surface area contributed by atoms with Gasteiger partial charge in [-0.25, -0.2) is 13.8 Å². The Balaban J connectivity index is 2.18. The summed E-state index contributed by atoms with van der Waals surface area (Å²) in [4.78, 5) is 25.0. The Hall–Kier alpha value is -2.42. The van der Waals surface area contributed by atoms with Crippen molar-refractivity contribution >= 4 is 27.4 Å². The van der Waals surface area contributed by atoms with Crippen LogP contribution in [0.2, 0.25) is 0 Å². The van der Waals surface area contributed by atoms with Gasteiger partial charge in [-0.2, -0.15) is 0 Å². The molecule has 1 amide bonds. The lowest BCUT2D eigenvalue weighted by Crippen LogP contribution is -2.13. The van der Waals surface area contributed by atoms with Crippen molar-refractivity contribution in [2.45, 2.75) is 0 Å². The largest absolute Gasteiger partial charge is 0.345 e. The Morgan fingerprint density at radius 1 is 1.42 bits per heavy atom. The Bertz CT molecular complexity index is 659. The van der Waals surface area contributed by atoms with Gasteiger partial charge in [0.15, 0.2) is 5.13 Å². The molecular formula is C10H5F2N3O3S. The molecule has 98 valence electrons. The van der Waals surface area contributed by atoms with Crippen molar-refractivity contribution in [1.29, 1.82) is 0 Å². The molecule has 1 aromatic carbocycles. The van der Waals surface area contributed by atoms with Crippen LogP contribution < -0.4 is 5.32 Å². The standard InChI is InChI=1S/C10H5F2N3O3S/c11-5-1-2-6(7(12)3-5)9(16)14-10-13-4-8(19-10)15(17)18/h1-4H,(H,13,14,16). The molecule has 9 heteroatoms. The summed E-state index contributed by atoms with van der Waals surface area (Å²) in [5, 5.41) is 12.3. The summed E-state index contributed by atoms with van der Waals surface area (Å²) in [6, 6.07) is 2.48. The second-order valence-corrected chi connectivity index (χ2v) is 4.35. The minimum atomic E-state index is -1.02. The second kappa shape index (κ2) is 5.06.